The molecule has 1 aromatic carbocycles. The number of nitrogen functional groups attached to an aromatic ring is 1. The molecule has 0 aliphatic rings. The Kier molecular flexibility index (Phi) is 3.74. The Labute approximate surface area is 142 Å². The van der Waals surface area contributed by atoms with Crippen molar-refractivity contribution in [3.63, 3.8) is 0 Å². The lowest BCUT2D eigenvalue weighted by molar-refractivity contribution is 0.309. The van der Waals surface area contributed by atoms with Crippen molar-refractivity contribution in [1.82, 2.24) is 19.9 Å². The molecule has 3 aromatic heterocycles. The predicted octanol–water partition coefficient (Wildman–Crippen LogP) is 3.32. The minimum atomic E-state index is -0.292. The zero-order valence-electron chi connectivity index (χ0n) is 13.1. The Morgan fingerprint density at radius 2 is 2.00 bits per heavy atom. The van der Waals surface area contributed by atoms with E-state index in [0.29, 0.717) is 17.1 Å². The summed E-state index contributed by atoms with van der Waals surface area (Å²) in [6.07, 6.45) is 5.05. The molecule has 0 aliphatic heterocycles. The van der Waals surface area contributed by atoms with Crippen LogP contribution >= 0.6 is 0 Å². The van der Waals surface area contributed by atoms with E-state index in [-0.39, 0.29) is 18.4 Å². The van der Waals surface area contributed by atoms with Gasteiger partial charge in [0.2, 0.25) is 5.95 Å². The van der Waals surface area contributed by atoms with Gasteiger partial charge in [-0.05, 0) is 29.8 Å². The van der Waals surface area contributed by atoms with Gasteiger partial charge >= 0.3 is 0 Å². The molecule has 3 N–H and O–H groups in total. The van der Waals surface area contributed by atoms with Gasteiger partial charge in [-0.1, -0.05) is 12.1 Å². The van der Waals surface area contributed by atoms with Crippen molar-refractivity contribution >= 4 is 17.0 Å². The fraction of sp³-hybridized carbons (Fsp3) is 0.0556. The summed E-state index contributed by atoms with van der Waals surface area (Å²) in [5.41, 5.74) is 8.58. The second kappa shape index (κ2) is 6.20. The van der Waals surface area contributed by atoms with Gasteiger partial charge in [0.15, 0.2) is 0 Å². The molecular weight excluding hydrogens is 321 g/mol. The highest BCUT2D eigenvalue weighted by atomic mass is 19.1. The smallest absolute Gasteiger partial charge is 0.220 e. The van der Waals surface area contributed by atoms with E-state index in [2.05, 4.69) is 19.9 Å². The summed E-state index contributed by atoms with van der Waals surface area (Å²) < 4.78 is 19.2. The fourth-order valence-electron chi connectivity index (χ4n) is 2.66. The van der Waals surface area contributed by atoms with Crippen molar-refractivity contribution in [3.8, 4) is 17.0 Å². The minimum absolute atomic E-state index is 0.193. The van der Waals surface area contributed by atoms with Crippen molar-refractivity contribution in [2.75, 3.05) is 5.73 Å². The van der Waals surface area contributed by atoms with E-state index < -0.39 is 0 Å². The molecular formula is C18H14FN5O. The maximum Gasteiger partial charge on any atom is 0.220 e. The first-order chi connectivity index (χ1) is 12.2. The van der Waals surface area contributed by atoms with E-state index in [4.69, 9.17) is 10.5 Å². The van der Waals surface area contributed by atoms with Gasteiger partial charge in [-0.2, -0.15) is 0 Å². The van der Waals surface area contributed by atoms with Crippen molar-refractivity contribution < 1.29 is 9.13 Å². The van der Waals surface area contributed by atoms with Crippen molar-refractivity contribution in [2.45, 2.75) is 6.61 Å². The number of pyridine rings is 1. The molecule has 4 aromatic rings. The predicted molar refractivity (Wildman–Crippen MR) is 92.3 cm³/mol. The summed E-state index contributed by atoms with van der Waals surface area (Å²) in [6, 6.07) is 9.84. The monoisotopic (exact) mass is 335 g/mol. The third kappa shape index (κ3) is 2.99. The lowest BCUT2D eigenvalue weighted by Gasteiger charge is -2.09. The van der Waals surface area contributed by atoms with Crippen LogP contribution in [-0.2, 0) is 6.61 Å². The molecule has 0 bridgehead atoms. The molecule has 6 nitrogen and oxygen atoms in total. The zero-order chi connectivity index (χ0) is 17.2. The molecule has 3 heterocycles. The normalized spacial score (nSPS) is 10.9. The average molecular weight is 335 g/mol. The van der Waals surface area contributed by atoms with Gasteiger partial charge in [0, 0.05) is 24.2 Å². The molecule has 0 saturated carbocycles. The molecule has 7 heteroatoms. The van der Waals surface area contributed by atoms with Crippen molar-refractivity contribution in [1.29, 1.82) is 0 Å². The molecule has 0 amide bonds. The summed E-state index contributed by atoms with van der Waals surface area (Å²) >= 11 is 0. The van der Waals surface area contributed by atoms with Gasteiger partial charge in [-0.15, -0.1) is 0 Å². The number of anilines is 1. The largest absolute Gasteiger partial charge is 0.488 e. The van der Waals surface area contributed by atoms with E-state index in [1.807, 2.05) is 6.07 Å². The maximum atomic E-state index is 13.3. The summed E-state index contributed by atoms with van der Waals surface area (Å²) in [5.74, 6) is 0.528. The Balaban J connectivity index is 1.73. The molecule has 0 saturated heterocycles. The topological polar surface area (TPSA) is 89.7 Å². The molecule has 0 spiro atoms. The van der Waals surface area contributed by atoms with Gasteiger partial charge in [-0.3, -0.25) is 0 Å². The van der Waals surface area contributed by atoms with Crippen LogP contribution in [0, 0.1) is 5.82 Å². The molecule has 4 rings (SSSR count). The molecule has 25 heavy (non-hydrogen) atoms. The van der Waals surface area contributed by atoms with Crippen LogP contribution in [0.15, 0.2) is 55.0 Å². The van der Waals surface area contributed by atoms with Gasteiger partial charge in [-0.25, -0.2) is 19.3 Å². The van der Waals surface area contributed by atoms with Crippen molar-refractivity contribution in [3.05, 3.63) is 66.4 Å². The first-order valence-corrected chi connectivity index (χ1v) is 7.63. The number of rotatable bonds is 4. The molecule has 0 aliphatic carbocycles. The van der Waals surface area contributed by atoms with Crippen LogP contribution in [0.25, 0.3) is 22.3 Å². The summed E-state index contributed by atoms with van der Waals surface area (Å²) in [4.78, 5) is 15.6. The molecule has 0 unspecified atom stereocenters. The average Bonchev–Trinajstić information content (AvgIpc) is 3.05. The minimum Gasteiger partial charge on any atom is -0.488 e. The van der Waals surface area contributed by atoms with Crippen LogP contribution in [0.1, 0.15) is 5.56 Å². The highest BCUT2D eigenvalue weighted by Gasteiger charge is 2.14. The zero-order valence-corrected chi connectivity index (χ0v) is 13.1. The number of hydrogen-bond donors (Lipinski definition) is 2. The third-order valence-electron chi connectivity index (χ3n) is 3.77. The number of fused-ring (bicyclic) bond motifs is 1. The number of aromatic nitrogens is 4. The highest BCUT2D eigenvalue weighted by Crippen LogP contribution is 2.33. The highest BCUT2D eigenvalue weighted by molar-refractivity contribution is 5.97. The number of ether oxygens (including phenoxy) is 1. The number of H-pyrrole nitrogens is 1. The first kappa shape index (κ1) is 15.1. The number of halogens is 1. The van der Waals surface area contributed by atoms with Gasteiger partial charge < -0.3 is 15.5 Å². The Hall–Kier alpha value is -3.48. The van der Waals surface area contributed by atoms with Crippen molar-refractivity contribution in [2.24, 2.45) is 0 Å². The third-order valence-corrected chi connectivity index (χ3v) is 3.77. The standard InChI is InChI=1S/C18H14FN5O/c19-12-3-1-2-11(8-12)10-25-15-5-7-21-17-16(15)13(9-23-17)14-4-6-22-18(20)24-14/h1-9H,10H2,(H,21,23)(H2,20,22,24). The molecule has 0 radical (unpaired) electrons. The van der Waals surface area contributed by atoms with Crippen LogP contribution < -0.4 is 10.5 Å². The summed E-state index contributed by atoms with van der Waals surface area (Å²) in [5, 5.41) is 0.789. The van der Waals surface area contributed by atoms with Gasteiger partial charge in [0.1, 0.15) is 23.8 Å². The fourth-order valence-corrected chi connectivity index (χ4v) is 2.66. The molecule has 0 atom stereocenters. The summed E-state index contributed by atoms with van der Waals surface area (Å²) in [7, 11) is 0. The Morgan fingerprint density at radius 1 is 1.12 bits per heavy atom. The van der Waals surface area contributed by atoms with E-state index in [1.54, 1.807) is 36.8 Å². The Bertz CT molecular complexity index is 1050. The quantitative estimate of drug-likeness (QED) is 0.597. The second-order valence-corrected chi connectivity index (χ2v) is 5.45. The van der Waals surface area contributed by atoms with E-state index >= 15 is 0 Å². The van der Waals surface area contributed by atoms with Crippen LogP contribution in [-0.4, -0.2) is 19.9 Å². The van der Waals surface area contributed by atoms with Gasteiger partial charge in [0.05, 0.1) is 11.1 Å². The maximum absolute atomic E-state index is 13.3. The van der Waals surface area contributed by atoms with E-state index in [0.717, 1.165) is 16.5 Å². The lowest BCUT2D eigenvalue weighted by Crippen LogP contribution is -1.98. The van der Waals surface area contributed by atoms with Crippen LogP contribution in [0.5, 0.6) is 5.75 Å². The summed E-state index contributed by atoms with van der Waals surface area (Å²) in [6.45, 7) is 0.243. The number of nitrogens with one attached hydrogen (secondary N) is 1. The lowest BCUT2D eigenvalue weighted by atomic mass is 10.1. The number of nitrogens with zero attached hydrogens (tertiary/aromatic N) is 3. The molecule has 0 fully saturated rings. The van der Waals surface area contributed by atoms with Crippen LogP contribution in [0.2, 0.25) is 0 Å². The van der Waals surface area contributed by atoms with E-state index in [9.17, 15) is 4.39 Å². The van der Waals surface area contributed by atoms with Crippen LogP contribution in [0.4, 0.5) is 10.3 Å². The number of aromatic amines is 1. The number of hydrogen-bond acceptors (Lipinski definition) is 5. The second-order valence-electron chi connectivity index (χ2n) is 5.45. The molecule has 124 valence electrons. The van der Waals surface area contributed by atoms with E-state index in [1.165, 1.54) is 12.1 Å². The number of benzene rings is 1. The SMILES string of the molecule is Nc1nccc(-c2c[nH]c3nccc(OCc4cccc(F)c4)c23)n1. The van der Waals surface area contributed by atoms with Crippen LogP contribution in [0.3, 0.4) is 0 Å². The van der Waals surface area contributed by atoms with Gasteiger partial charge in [0.25, 0.3) is 0 Å². The first-order valence-electron chi connectivity index (χ1n) is 7.63. The Morgan fingerprint density at radius 3 is 2.84 bits per heavy atom. The number of nitrogens with two attached hydrogens (primary N) is 1.